The van der Waals surface area contributed by atoms with Crippen molar-refractivity contribution in [3.8, 4) is 0 Å². The van der Waals surface area contributed by atoms with Gasteiger partial charge in [0, 0.05) is 12.3 Å². The molecule has 1 N–H and O–H groups in total. The van der Waals surface area contributed by atoms with Crippen molar-refractivity contribution in [1.29, 1.82) is 0 Å². The topological polar surface area (TPSA) is 102 Å². The lowest BCUT2D eigenvalue weighted by atomic mass is 10.1. The lowest BCUT2D eigenvalue weighted by Gasteiger charge is -2.17. The van der Waals surface area contributed by atoms with Crippen molar-refractivity contribution in [3.63, 3.8) is 0 Å². The second-order valence-corrected chi connectivity index (χ2v) is 7.11. The SMILES string of the molecule is O=C(COC(=O)c1ccc2c(c1)C(=O)N(C[C@H]1CCCO1)C2=O)Nc1ccccc1. The van der Waals surface area contributed by atoms with Gasteiger partial charge in [0.1, 0.15) is 0 Å². The third kappa shape index (κ3) is 4.08. The van der Waals surface area contributed by atoms with E-state index < -0.39 is 30.3 Å². The largest absolute Gasteiger partial charge is 0.452 e. The minimum Gasteiger partial charge on any atom is -0.452 e. The number of nitrogens with one attached hydrogen (secondary N) is 1. The molecule has 0 aromatic heterocycles. The van der Waals surface area contributed by atoms with Crippen LogP contribution in [0.5, 0.6) is 0 Å². The van der Waals surface area contributed by atoms with Gasteiger partial charge in [-0.3, -0.25) is 19.3 Å². The number of rotatable bonds is 6. The van der Waals surface area contributed by atoms with E-state index in [0.29, 0.717) is 12.3 Å². The number of hydrogen-bond donors (Lipinski definition) is 1. The van der Waals surface area contributed by atoms with E-state index >= 15 is 0 Å². The maximum Gasteiger partial charge on any atom is 0.338 e. The summed E-state index contributed by atoms with van der Waals surface area (Å²) in [6.07, 6.45) is 1.55. The molecule has 0 aliphatic carbocycles. The number of anilines is 1. The second-order valence-electron chi connectivity index (χ2n) is 7.11. The summed E-state index contributed by atoms with van der Waals surface area (Å²) in [6, 6.07) is 13.0. The van der Waals surface area contributed by atoms with Gasteiger partial charge < -0.3 is 14.8 Å². The minimum atomic E-state index is -0.751. The predicted octanol–water partition coefficient (Wildman–Crippen LogP) is 2.26. The zero-order valence-corrected chi connectivity index (χ0v) is 16.1. The highest BCUT2D eigenvalue weighted by atomic mass is 16.5. The number of ether oxygens (including phenoxy) is 2. The molecule has 0 radical (unpaired) electrons. The molecule has 1 atom stereocenters. The highest BCUT2D eigenvalue weighted by Crippen LogP contribution is 2.26. The number of esters is 1. The smallest absolute Gasteiger partial charge is 0.338 e. The van der Waals surface area contributed by atoms with Crippen LogP contribution in [-0.2, 0) is 14.3 Å². The molecule has 2 aliphatic heterocycles. The van der Waals surface area contributed by atoms with E-state index in [2.05, 4.69) is 5.32 Å². The van der Waals surface area contributed by atoms with E-state index in [1.807, 2.05) is 6.07 Å². The lowest BCUT2D eigenvalue weighted by Crippen LogP contribution is -2.36. The average molecular weight is 408 g/mol. The monoisotopic (exact) mass is 408 g/mol. The number of benzene rings is 2. The van der Waals surface area contributed by atoms with Crippen molar-refractivity contribution in [3.05, 3.63) is 65.2 Å². The molecule has 0 unspecified atom stereocenters. The first-order chi connectivity index (χ1) is 14.5. The zero-order chi connectivity index (χ0) is 21.1. The molecule has 4 rings (SSSR count). The molecule has 2 aliphatic rings. The van der Waals surface area contributed by atoms with Crippen LogP contribution in [0.4, 0.5) is 5.69 Å². The number of imide groups is 1. The van der Waals surface area contributed by atoms with Crippen molar-refractivity contribution in [2.24, 2.45) is 0 Å². The van der Waals surface area contributed by atoms with E-state index in [4.69, 9.17) is 9.47 Å². The zero-order valence-electron chi connectivity index (χ0n) is 16.1. The Morgan fingerprint density at radius 1 is 1.07 bits per heavy atom. The molecule has 1 saturated heterocycles. The number of nitrogens with zero attached hydrogens (tertiary/aromatic N) is 1. The van der Waals surface area contributed by atoms with Crippen LogP contribution in [0.15, 0.2) is 48.5 Å². The maximum atomic E-state index is 12.7. The Labute approximate surface area is 172 Å². The first kappa shape index (κ1) is 19.8. The molecular formula is C22H20N2O6. The van der Waals surface area contributed by atoms with Crippen molar-refractivity contribution in [2.75, 3.05) is 25.1 Å². The summed E-state index contributed by atoms with van der Waals surface area (Å²) >= 11 is 0. The van der Waals surface area contributed by atoms with E-state index in [1.165, 1.54) is 18.2 Å². The summed E-state index contributed by atoms with van der Waals surface area (Å²) in [5.74, 6) is -2.09. The van der Waals surface area contributed by atoms with Gasteiger partial charge in [0.05, 0.1) is 29.3 Å². The Balaban J connectivity index is 1.39. The fraction of sp³-hybridized carbons (Fsp3) is 0.273. The second kappa shape index (κ2) is 8.46. The molecule has 2 aromatic rings. The molecule has 2 aromatic carbocycles. The Bertz CT molecular complexity index is 998. The van der Waals surface area contributed by atoms with Gasteiger partial charge in [-0.2, -0.15) is 0 Å². The molecule has 0 bridgehead atoms. The third-order valence-electron chi connectivity index (χ3n) is 5.01. The molecule has 8 nitrogen and oxygen atoms in total. The fourth-order valence-corrected chi connectivity index (χ4v) is 3.51. The number of para-hydroxylation sites is 1. The number of carbonyl (C=O) groups excluding carboxylic acids is 4. The van der Waals surface area contributed by atoms with Gasteiger partial charge in [-0.25, -0.2) is 4.79 Å². The first-order valence-corrected chi connectivity index (χ1v) is 9.67. The van der Waals surface area contributed by atoms with Crippen molar-refractivity contribution in [1.82, 2.24) is 4.90 Å². The number of hydrogen-bond acceptors (Lipinski definition) is 6. The average Bonchev–Trinajstić information content (AvgIpc) is 3.35. The number of fused-ring (bicyclic) bond motifs is 1. The Kier molecular flexibility index (Phi) is 5.58. The highest BCUT2D eigenvalue weighted by molar-refractivity contribution is 6.22. The first-order valence-electron chi connectivity index (χ1n) is 9.67. The van der Waals surface area contributed by atoms with Gasteiger partial charge in [-0.15, -0.1) is 0 Å². The van der Waals surface area contributed by atoms with Gasteiger partial charge >= 0.3 is 5.97 Å². The van der Waals surface area contributed by atoms with E-state index in [9.17, 15) is 19.2 Å². The fourth-order valence-electron chi connectivity index (χ4n) is 3.51. The predicted molar refractivity (Wildman–Crippen MR) is 106 cm³/mol. The van der Waals surface area contributed by atoms with E-state index in [-0.39, 0.29) is 29.3 Å². The molecule has 8 heteroatoms. The van der Waals surface area contributed by atoms with Gasteiger partial charge in [0.25, 0.3) is 17.7 Å². The van der Waals surface area contributed by atoms with Crippen LogP contribution in [-0.4, -0.2) is 54.5 Å². The molecule has 30 heavy (non-hydrogen) atoms. The van der Waals surface area contributed by atoms with Crippen molar-refractivity contribution >= 4 is 29.4 Å². The molecular weight excluding hydrogens is 388 g/mol. The Morgan fingerprint density at radius 3 is 2.57 bits per heavy atom. The standard InChI is InChI=1S/C22H20N2O6/c25-19(23-15-5-2-1-3-6-15)13-30-22(28)14-8-9-17-18(11-14)21(27)24(20(17)26)12-16-7-4-10-29-16/h1-3,5-6,8-9,11,16H,4,7,10,12-13H2,(H,23,25)/t16-/m1/s1. The summed E-state index contributed by atoms with van der Waals surface area (Å²) in [5, 5.41) is 2.61. The quantitative estimate of drug-likeness (QED) is 0.581. The van der Waals surface area contributed by atoms with E-state index in [1.54, 1.807) is 24.3 Å². The molecule has 3 amide bonds. The number of carbonyl (C=O) groups is 4. The Morgan fingerprint density at radius 2 is 1.83 bits per heavy atom. The van der Waals surface area contributed by atoms with Gasteiger partial charge in [-0.05, 0) is 43.2 Å². The van der Waals surface area contributed by atoms with Crippen molar-refractivity contribution in [2.45, 2.75) is 18.9 Å². The van der Waals surface area contributed by atoms with Gasteiger partial charge in [0.2, 0.25) is 0 Å². The molecule has 0 saturated carbocycles. The summed E-state index contributed by atoms with van der Waals surface area (Å²) in [6.45, 7) is 0.357. The maximum absolute atomic E-state index is 12.7. The molecule has 0 spiro atoms. The summed E-state index contributed by atoms with van der Waals surface area (Å²) in [7, 11) is 0. The lowest BCUT2D eigenvalue weighted by molar-refractivity contribution is -0.119. The Hall–Kier alpha value is -3.52. The van der Waals surface area contributed by atoms with Crippen LogP contribution in [0.25, 0.3) is 0 Å². The van der Waals surface area contributed by atoms with Crippen LogP contribution < -0.4 is 5.32 Å². The van der Waals surface area contributed by atoms with E-state index in [0.717, 1.165) is 17.7 Å². The van der Waals surface area contributed by atoms with Gasteiger partial charge in [-0.1, -0.05) is 18.2 Å². The minimum absolute atomic E-state index is 0.0985. The van der Waals surface area contributed by atoms with Crippen molar-refractivity contribution < 1.29 is 28.7 Å². The molecule has 1 fully saturated rings. The van der Waals surface area contributed by atoms with Crippen LogP contribution >= 0.6 is 0 Å². The normalized spacial score (nSPS) is 17.7. The number of amides is 3. The highest BCUT2D eigenvalue weighted by Gasteiger charge is 2.38. The van der Waals surface area contributed by atoms with Crippen LogP contribution in [0.2, 0.25) is 0 Å². The third-order valence-corrected chi connectivity index (χ3v) is 5.01. The summed E-state index contributed by atoms with van der Waals surface area (Å²) in [4.78, 5) is 50.6. The molecule has 154 valence electrons. The summed E-state index contributed by atoms with van der Waals surface area (Å²) < 4.78 is 10.5. The van der Waals surface area contributed by atoms with Crippen LogP contribution in [0.1, 0.15) is 43.9 Å². The van der Waals surface area contributed by atoms with Gasteiger partial charge in [0.15, 0.2) is 6.61 Å². The van der Waals surface area contributed by atoms with Crippen LogP contribution in [0.3, 0.4) is 0 Å². The van der Waals surface area contributed by atoms with Crippen LogP contribution in [0, 0.1) is 0 Å². The summed E-state index contributed by atoms with van der Waals surface area (Å²) in [5.41, 5.74) is 1.09. The molecule has 2 heterocycles.